The highest BCUT2D eigenvalue weighted by Gasteiger charge is 2.20. The van der Waals surface area contributed by atoms with Crippen molar-refractivity contribution in [3.63, 3.8) is 0 Å². The van der Waals surface area contributed by atoms with Gasteiger partial charge < -0.3 is 5.73 Å². The van der Waals surface area contributed by atoms with Gasteiger partial charge in [0.15, 0.2) is 0 Å². The first-order chi connectivity index (χ1) is 7.29. The predicted molar refractivity (Wildman–Crippen MR) is 60.5 cm³/mol. The lowest BCUT2D eigenvalue weighted by Crippen LogP contribution is -2.13. The lowest BCUT2D eigenvalue weighted by molar-refractivity contribution is -0.120. The molecule has 2 rings (SSSR count). The molecule has 0 heterocycles. The van der Waals surface area contributed by atoms with Crippen molar-refractivity contribution in [1.29, 1.82) is 0 Å². The molecule has 0 radical (unpaired) electrons. The van der Waals surface area contributed by atoms with E-state index in [9.17, 15) is 4.79 Å². The third kappa shape index (κ3) is 2.45. The van der Waals surface area contributed by atoms with Gasteiger partial charge in [0, 0.05) is 19.4 Å². The molecule has 1 atom stereocenters. The van der Waals surface area contributed by atoms with E-state index in [1.807, 2.05) is 12.1 Å². The Morgan fingerprint density at radius 1 is 1.40 bits per heavy atom. The van der Waals surface area contributed by atoms with Crippen molar-refractivity contribution in [2.75, 3.05) is 0 Å². The lowest BCUT2D eigenvalue weighted by atomic mass is 9.83. The van der Waals surface area contributed by atoms with Gasteiger partial charge in [-0.2, -0.15) is 0 Å². The van der Waals surface area contributed by atoms with Gasteiger partial charge >= 0.3 is 0 Å². The van der Waals surface area contributed by atoms with Crippen LogP contribution in [0.15, 0.2) is 24.3 Å². The molecule has 0 bridgehead atoms. The van der Waals surface area contributed by atoms with E-state index in [4.69, 9.17) is 5.73 Å². The molecular formula is C13H17NO. The number of rotatable bonds is 2. The Morgan fingerprint density at radius 3 is 3.00 bits per heavy atom. The second-order valence-corrected chi connectivity index (χ2v) is 4.28. The van der Waals surface area contributed by atoms with Crippen molar-refractivity contribution in [3.05, 3.63) is 35.4 Å². The molecule has 0 spiro atoms. The van der Waals surface area contributed by atoms with Crippen LogP contribution in [-0.4, -0.2) is 5.78 Å². The molecule has 1 aromatic rings. The first-order valence-electron chi connectivity index (χ1n) is 5.60. The Bertz CT molecular complexity index is 359. The summed E-state index contributed by atoms with van der Waals surface area (Å²) in [4.78, 5) is 11.4. The quantitative estimate of drug-likeness (QED) is 0.801. The average molecular weight is 203 g/mol. The molecule has 15 heavy (non-hydrogen) atoms. The van der Waals surface area contributed by atoms with Gasteiger partial charge in [-0.3, -0.25) is 4.79 Å². The Morgan fingerprint density at radius 2 is 2.27 bits per heavy atom. The zero-order valence-electron chi connectivity index (χ0n) is 8.91. The van der Waals surface area contributed by atoms with Crippen LogP contribution >= 0.6 is 0 Å². The third-order valence-corrected chi connectivity index (χ3v) is 3.14. The molecular weight excluding hydrogens is 186 g/mol. The van der Waals surface area contributed by atoms with Gasteiger partial charge in [0.25, 0.3) is 0 Å². The smallest absolute Gasteiger partial charge is 0.133 e. The molecule has 0 amide bonds. The van der Waals surface area contributed by atoms with Gasteiger partial charge in [-0.15, -0.1) is 0 Å². The molecule has 1 fully saturated rings. The predicted octanol–water partition coefficient (Wildman–Crippen LogP) is 2.37. The zero-order chi connectivity index (χ0) is 10.7. The molecule has 1 aromatic carbocycles. The Hall–Kier alpha value is -1.15. The van der Waals surface area contributed by atoms with Crippen molar-refractivity contribution >= 4 is 5.78 Å². The molecule has 0 aromatic heterocycles. The van der Waals surface area contributed by atoms with Crippen LogP contribution in [0.3, 0.4) is 0 Å². The van der Waals surface area contributed by atoms with Crippen LogP contribution < -0.4 is 5.73 Å². The average Bonchev–Trinajstić information content (AvgIpc) is 2.29. The highest BCUT2D eigenvalue weighted by atomic mass is 16.1. The molecule has 2 N–H and O–H groups in total. The summed E-state index contributed by atoms with van der Waals surface area (Å²) in [7, 11) is 0. The Balaban J connectivity index is 2.17. The summed E-state index contributed by atoms with van der Waals surface area (Å²) in [6.45, 7) is 0.578. The zero-order valence-corrected chi connectivity index (χ0v) is 8.91. The van der Waals surface area contributed by atoms with Crippen molar-refractivity contribution in [2.24, 2.45) is 5.73 Å². The maximum Gasteiger partial charge on any atom is 0.133 e. The standard InChI is InChI=1S/C13H17NO/c14-9-10-3-1-4-11(7-10)12-5-2-6-13(15)8-12/h1,3-4,7,12H,2,5-6,8-9,14H2. The van der Waals surface area contributed by atoms with Crippen molar-refractivity contribution in [1.82, 2.24) is 0 Å². The summed E-state index contributed by atoms with van der Waals surface area (Å²) in [6, 6.07) is 8.33. The third-order valence-electron chi connectivity index (χ3n) is 3.14. The van der Waals surface area contributed by atoms with Crippen LogP contribution in [0.1, 0.15) is 42.7 Å². The molecule has 0 aliphatic heterocycles. The molecule has 1 aliphatic carbocycles. The molecule has 1 aliphatic rings. The summed E-state index contributed by atoms with van der Waals surface area (Å²) in [6.07, 6.45) is 3.66. The van der Waals surface area contributed by atoms with E-state index in [2.05, 4.69) is 12.1 Å². The summed E-state index contributed by atoms with van der Waals surface area (Å²) in [5, 5.41) is 0. The molecule has 80 valence electrons. The maximum atomic E-state index is 11.4. The minimum Gasteiger partial charge on any atom is -0.326 e. The van der Waals surface area contributed by atoms with Gasteiger partial charge in [0.05, 0.1) is 0 Å². The van der Waals surface area contributed by atoms with Crippen molar-refractivity contribution < 1.29 is 4.79 Å². The topological polar surface area (TPSA) is 43.1 Å². The molecule has 2 heteroatoms. The van der Waals surface area contributed by atoms with Gasteiger partial charge in [-0.1, -0.05) is 24.3 Å². The van der Waals surface area contributed by atoms with Gasteiger partial charge in [-0.05, 0) is 29.9 Å². The van der Waals surface area contributed by atoms with E-state index < -0.39 is 0 Å². The summed E-state index contributed by atoms with van der Waals surface area (Å²) < 4.78 is 0. The maximum absolute atomic E-state index is 11.4. The number of carbonyl (C=O) groups excluding carboxylic acids is 1. The van der Waals surface area contributed by atoms with Gasteiger partial charge in [-0.25, -0.2) is 0 Å². The largest absolute Gasteiger partial charge is 0.326 e. The summed E-state index contributed by atoms with van der Waals surface area (Å²) >= 11 is 0. The molecule has 1 saturated carbocycles. The van der Waals surface area contributed by atoms with Crippen LogP contribution in [0.5, 0.6) is 0 Å². The Labute approximate surface area is 90.5 Å². The second kappa shape index (κ2) is 4.58. The van der Waals surface area contributed by atoms with E-state index >= 15 is 0 Å². The van der Waals surface area contributed by atoms with E-state index in [1.165, 1.54) is 5.56 Å². The van der Waals surface area contributed by atoms with Crippen LogP contribution in [0, 0.1) is 0 Å². The van der Waals surface area contributed by atoms with Crippen molar-refractivity contribution in [3.8, 4) is 0 Å². The van der Waals surface area contributed by atoms with E-state index in [1.54, 1.807) is 0 Å². The van der Waals surface area contributed by atoms with Crippen LogP contribution in [-0.2, 0) is 11.3 Å². The first-order valence-corrected chi connectivity index (χ1v) is 5.60. The summed E-state index contributed by atoms with van der Waals surface area (Å²) in [5.74, 6) is 0.835. The minimum atomic E-state index is 0.407. The monoisotopic (exact) mass is 203 g/mol. The van der Waals surface area contributed by atoms with E-state index in [-0.39, 0.29) is 0 Å². The van der Waals surface area contributed by atoms with Crippen molar-refractivity contribution in [2.45, 2.75) is 38.1 Å². The number of nitrogens with two attached hydrogens (primary N) is 1. The van der Waals surface area contributed by atoms with Gasteiger partial charge in [0.2, 0.25) is 0 Å². The van der Waals surface area contributed by atoms with Crippen LogP contribution in [0.4, 0.5) is 0 Å². The summed E-state index contributed by atoms with van der Waals surface area (Å²) in [5.41, 5.74) is 8.05. The number of benzene rings is 1. The SMILES string of the molecule is NCc1cccc(C2CCCC(=O)C2)c1. The van der Waals surface area contributed by atoms with Gasteiger partial charge in [0.1, 0.15) is 5.78 Å². The normalized spacial score (nSPS) is 21.7. The number of Topliss-reactive ketones (excluding diaryl/α,β-unsaturated/α-hetero) is 1. The molecule has 0 saturated heterocycles. The number of hydrogen-bond donors (Lipinski definition) is 1. The minimum absolute atomic E-state index is 0.407. The number of hydrogen-bond acceptors (Lipinski definition) is 2. The highest BCUT2D eigenvalue weighted by molar-refractivity contribution is 5.80. The van der Waals surface area contributed by atoms with Crippen LogP contribution in [0.25, 0.3) is 0 Å². The fourth-order valence-corrected chi connectivity index (χ4v) is 2.28. The fraction of sp³-hybridized carbons (Fsp3) is 0.462. The first kappa shape index (κ1) is 10.4. The fourth-order valence-electron chi connectivity index (χ4n) is 2.28. The second-order valence-electron chi connectivity index (χ2n) is 4.28. The van der Waals surface area contributed by atoms with E-state index in [0.717, 1.165) is 24.8 Å². The number of ketones is 1. The molecule has 1 unspecified atom stereocenters. The number of carbonyl (C=O) groups is 1. The Kier molecular flexibility index (Phi) is 3.17. The molecule has 2 nitrogen and oxygen atoms in total. The van der Waals surface area contributed by atoms with E-state index in [0.29, 0.717) is 24.7 Å². The van der Waals surface area contributed by atoms with Crippen LogP contribution in [0.2, 0.25) is 0 Å². The highest BCUT2D eigenvalue weighted by Crippen LogP contribution is 2.31. The lowest BCUT2D eigenvalue weighted by Gasteiger charge is -2.21.